The Balaban J connectivity index is 0.00000256. The summed E-state index contributed by atoms with van der Waals surface area (Å²) in [5.74, 6) is 0.134. The minimum atomic E-state index is 0. The largest absolute Gasteiger partial charge is 0.370 e. The lowest BCUT2D eigenvalue weighted by Gasteiger charge is -2.16. The third-order valence-electron chi connectivity index (χ3n) is 2.39. The Bertz CT molecular complexity index is 344. The highest BCUT2D eigenvalue weighted by atomic mass is 79.9. The molecule has 0 aliphatic heterocycles. The van der Waals surface area contributed by atoms with Crippen molar-refractivity contribution in [1.82, 2.24) is 5.32 Å². The second-order valence-electron chi connectivity index (χ2n) is 3.79. The number of benzene rings is 1. The second-order valence-corrected chi connectivity index (χ2v) is 3.79. The minimum absolute atomic E-state index is 0. The molecule has 0 radical (unpaired) electrons. The van der Waals surface area contributed by atoms with Crippen LogP contribution in [0.3, 0.4) is 0 Å². The van der Waals surface area contributed by atoms with Crippen molar-refractivity contribution < 1.29 is 0 Å². The Hall–Kier alpha value is -1.07. The number of aliphatic imine (C=N–C) groups is 1. The van der Waals surface area contributed by atoms with Gasteiger partial charge in [-0.05, 0) is 19.0 Å². The lowest BCUT2D eigenvalue weighted by Crippen LogP contribution is -2.28. The molecule has 5 heteroatoms. The number of nitrogens with two attached hydrogens (primary N) is 2. The van der Waals surface area contributed by atoms with Gasteiger partial charge in [0.15, 0.2) is 5.96 Å². The van der Waals surface area contributed by atoms with Crippen LogP contribution < -0.4 is 16.8 Å². The normalized spacial score (nSPS) is 11.4. The van der Waals surface area contributed by atoms with Crippen molar-refractivity contribution in [3.8, 4) is 0 Å². The molecule has 17 heavy (non-hydrogen) atoms. The van der Waals surface area contributed by atoms with Gasteiger partial charge in [0.1, 0.15) is 0 Å². The maximum Gasteiger partial charge on any atom is 0.185 e. The Morgan fingerprint density at radius 2 is 1.88 bits per heavy atom. The molecule has 4 nitrogen and oxygen atoms in total. The predicted molar refractivity (Wildman–Crippen MR) is 78.6 cm³/mol. The summed E-state index contributed by atoms with van der Waals surface area (Å²) in [6.45, 7) is 5.59. The predicted octanol–water partition coefficient (Wildman–Crippen LogP) is 1.50. The van der Waals surface area contributed by atoms with Gasteiger partial charge >= 0.3 is 0 Å². The number of halogens is 1. The van der Waals surface area contributed by atoms with Crippen molar-refractivity contribution in [3.05, 3.63) is 35.4 Å². The van der Waals surface area contributed by atoms with Crippen molar-refractivity contribution >= 4 is 22.9 Å². The molecule has 1 unspecified atom stereocenters. The Morgan fingerprint density at radius 1 is 1.29 bits per heavy atom. The van der Waals surface area contributed by atoms with Crippen LogP contribution in [0.4, 0.5) is 0 Å². The van der Waals surface area contributed by atoms with E-state index in [0.29, 0.717) is 6.54 Å². The van der Waals surface area contributed by atoms with E-state index in [0.717, 1.165) is 6.54 Å². The van der Waals surface area contributed by atoms with E-state index in [4.69, 9.17) is 11.5 Å². The van der Waals surface area contributed by atoms with Crippen molar-refractivity contribution in [2.24, 2.45) is 16.5 Å². The van der Waals surface area contributed by atoms with Crippen LogP contribution in [0.25, 0.3) is 0 Å². The van der Waals surface area contributed by atoms with Crippen LogP contribution in [0.5, 0.6) is 0 Å². The zero-order valence-corrected chi connectivity index (χ0v) is 12.0. The SMILES string of the molecule is Br.CCNC(CN=C(N)N)c1ccc(C)cc1. The standard InChI is InChI=1S/C12H20N4.BrH/c1-3-15-11(8-16-12(13)14)10-6-4-9(2)5-7-10;/h4-7,11,15H,3,8H2,1-2H3,(H4,13,14,16);1H. The third kappa shape index (κ3) is 5.70. The van der Waals surface area contributed by atoms with Gasteiger partial charge in [-0.15, -0.1) is 17.0 Å². The Kier molecular flexibility index (Phi) is 7.58. The molecule has 5 N–H and O–H groups in total. The lowest BCUT2D eigenvalue weighted by molar-refractivity contribution is 0.562. The first-order valence-electron chi connectivity index (χ1n) is 5.48. The summed E-state index contributed by atoms with van der Waals surface area (Å²) >= 11 is 0. The van der Waals surface area contributed by atoms with Gasteiger partial charge in [0.05, 0.1) is 12.6 Å². The molecule has 0 aliphatic rings. The molecule has 0 saturated carbocycles. The van der Waals surface area contributed by atoms with E-state index in [1.165, 1.54) is 11.1 Å². The average molecular weight is 301 g/mol. The summed E-state index contributed by atoms with van der Waals surface area (Å²) < 4.78 is 0. The van der Waals surface area contributed by atoms with E-state index >= 15 is 0 Å². The highest BCUT2D eigenvalue weighted by molar-refractivity contribution is 8.93. The maximum atomic E-state index is 5.34. The van der Waals surface area contributed by atoms with Crippen molar-refractivity contribution in [3.63, 3.8) is 0 Å². The molecule has 0 aliphatic carbocycles. The molecule has 0 fully saturated rings. The fourth-order valence-electron chi connectivity index (χ4n) is 1.53. The number of hydrogen-bond acceptors (Lipinski definition) is 2. The van der Waals surface area contributed by atoms with Crippen molar-refractivity contribution in [2.45, 2.75) is 19.9 Å². The van der Waals surface area contributed by atoms with Gasteiger partial charge in [0.2, 0.25) is 0 Å². The topological polar surface area (TPSA) is 76.4 Å². The van der Waals surface area contributed by atoms with Crippen LogP contribution >= 0.6 is 17.0 Å². The third-order valence-corrected chi connectivity index (χ3v) is 2.39. The highest BCUT2D eigenvalue weighted by Crippen LogP contribution is 2.14. The van der Waals surface area contributed by atoms with E-state index in [9.17, 15) is 0 Å². The lowest BCUT2D eigenvalue weighted by atomic mass is 10.1. The van der Waals surface area contributed by atoms with Crippen LogP contribution in [0, 0.1) is 6.92 Å². The molecule has 0 aromatic heterocycles. The highest BCUT2D eigenvalue weighted by Gasteiger charge is 2.08. The van der Waals surface area contributed by atoms with Crippen LogP contribution in [0.1, 0.15) is 24.1 Å². The quantitative estimate of drug-likeness (QED) is 0.570. The average Bonchev–Trinajstić information content (AvgIpc) is 2.25. The van der Waals surface area contributed by atoms with E-state index in [1.54, 1.807) is 0 Å². The zero-order chi connectivity index (χ0) is 12.0. The van der Waals surface area contributed by atoms with Crippen LogP contribution in [-0.4, -0.2) is 19.0 Å². The molecule has 96 valence electrons. The number of rotatable bonds is 5. The molecule has 1 aromatic rings. The van der Waals surface area contributed by atoms with E-state index in [-0.39, 0.29) is 29.0 Å². The molecule has 0 spiro atoms. The van der Waals surface area contributed by atoms with Crippen LogP contribution in [-0.2, 0) is 0 Å². The smallest absolute Gasteiger partial charge is 0.185 e. The summed E-state index contributed by atoms with van der Waals surface area (Å²) in [6.07, 6.45) is 0. The molecular formula is C12H21BrN4. The van der Waals surface area contributed by atoms with Crippen LogP contribution in [0.15, 0.2) is 29.3 Å². The van der Waals surface area contributed by atoms with Crippen LogP contribution in [0.2, 0.25) is 0 Å². The van der Waals surface area contributed by atoms with Gasteiger partial charge in [-0.3, -0.25) is 4.99 Å². The molecule has 1 rings (SSSR count). The molecule has 0 amide bonds. The fraction of sp³-hybridized carbons (Fsp3) is 0.417. The van der Waals surface area contributed by atoms with Gasteiger partial charge in [-0.25, -0.2) is 0 Å². The van der Waals surface area contributed by atoms with Crippen molar-refractivity contribution in [1.29, 1.82) is 0 Å². The second kappa shape index (κ2) is 8.08. The number of nitrogens with zero attached hydrogens (tertiary/aromatic N) is 1. The van der Waals surface area contributed by atoms with Gasteiger partial charge in [-0.1, -0.05) is 36.8 Å². The van der Waals surface area contributed by atoms with Gasteiger partial charge in [0.25, 0.3) is 0 Å². The fourth-order valence-corrected chi connectivity index (χ4v) is 1.53. The van der Waals surface area contributed by atoms with Crippen molar-refractivity contribution in [2.75, 3.05) is 13.1 Å². The van der Waals surface area contributed by atoms with E-state index in [2.05, 4.69) is 48.4 Å². The maximum absolute atomic E-state index is 5.34. The molecule has 0 saturated heterocycles. The summed E-state index contributed by atoms with van der Waals surface area (Å²) in [5.41, 5.74) is 13.1. The number of likely N-dealkylation sites (N-methyl/N-ethyl adjacent to an activating group) is 1. The van der Waals surface area contributed by atoms with Gasteiger partial charge in [0, 0.05) is 0 Å². The van der Waals surface area contributed by atoms with E-state index < -0.39 is 0 Å². The molecule has 0 heterocycles. The summed E-state index contributed by atoms with van der Waals surface area (Å²) in [4.78, 5) is 4.05. The number of guanidine groups is 1. The molecule has 1 atom stereocenters. The number of nitrogens with one attached hydrogen (secondary N) is 1. The minimum Gasteiger partial charge on any atom is -0.370 e. The first-order chi connectivity index (χ1) is 7.63. The number of aryl methyl sites for hydroxylation is 1. The molecule has 0 bridgehead atoms. The van der Waals surface area contributed by atoms with Gasteiger partial charge in [-0.2, -0.15) is 0 Å². The summed E-state index contributed by atoms with van der Waals surface area (Å²) in [5, 5.41) is 3.36. The summed E-state index contributed by atoms with van der Waals surface area (Å²) in [6, 6.07) is 8.56. The monoisotopic (exact) mass is 300 g/mol. The molecule has 1 aromatic carbocycles. The Labute approximate surface area is 113 Å². The Morgan fingerprint density at radius 3 is 2.35 bits per heavy atom. The molecular weight excluding hydrogens is 280 g/mol. The summed E-state index contributed by atoms with van der Waals surface area (Å²) in [7, 11) is 0. The zero-order valence-electron chi connectivity index (χ0n) is 10.3. The first-order valence-corrected chi connectivity index (χ1v) is 5.48. The first kappa shape index (κ1) is 15.9. The van der Waals surface area contributed by atoms with E-state index in [1.807, 2.05) is 0 Å². The van der Waals surface area contributed by atoms with Gasteiger partial charge < -0.3 is 16.8 Å². The number of hydrogen-bond donors (Lipinski definition) is 3.